The normalized spacial score (nSPS) is 11.4. The first kappa shape index (κ1) is 17.7. The zero-order valence-electron chi connectivity index (χ0n) is 15.1. The lowest BCUT2D eigenvalue weighted by molar-refractivity contribution is 0.416. The minimum absolute atomic E-state index is 0.115. The van der Waals surface area contributed by atoms with Gasteiger partial charge >= 0.3 is 0 Å². The second-order valence-electron chi connectivity index (χ2n) is 6.48. The SMILES string of the molecule is COc1cc(C)c2[nH]c(=O)c3sccc3c2c1-c1ccc(CCN)c(F)c1. The maximum atomic E-state index is 14.6. The summed E-state index contributed by atoms with van der Waals surface area (Å²) in [5.74, 6) is 0.352. The molecule has 0 amide bonds. The Morgan fingerprint density at radius 1 is 1.26 bits per heavy atom. The van der Waals surface area contributed by atoms with Crippen LogP contribution in [-0.4, -0.2) is 18.6 Å². The summed E-state index contributed by atoms with van der Waals surface area (Å²) in [6, 6.07) is 8.96. The quantitative estimate of drug-likeness (QED) is 0.551. The average Bonchev–Trinajstić information content (AvgIpc) is 3.15. The van der Waals surface area contributed by atoms with Crippen molar-refractivity contribution in [2.24, 2.45) is 5.73 Å². The summed E-state index contributed by atoms with van der Waals surface area (Å²) in [6.45, 7) is 2.32. The van der Waals surface area contributed by atoms with Crippen LogP contribution in [0, 0.1) is 12.7 Å². The van der Waals surface area contributed by atoms with Crippen LogP contribution >= 0.6 is 11.3 Å². The number of aromatic nitrogens is 1. The van der Waals surface area contributed by atoms with E-state index in [-0.39, 0.29) is 11.4 Å². The highest BCUT2D eigenvalue weighted by Gasteiger charge is 2.19. The van der Waals surface area contributed by atoms with Gasteiger partial charge in [0.1, 0.15) is 16.3 Å². The number of methoxy groups -OCH3 is 1. The number of H-pyrrole nitrogens is 1. The summed E-state index contributed by atoms with van der Waals surface area (Å²) < 4.78 is 20.9. The fraction of sp³-hybridized carbons (Fsp3) is 0.190. The van der Waals surface area contributed by atoms with Crippen molar-refractivity contribution in [2.45, 2.75) is 13.3 Å². The van der Waals surface area contributed by atoms with Crippen LogP contribution in [0.4, 0.5) is 4.39 Å². The summed E-state index contributed by atoms with van der Waals surface area (Å²) in [6.07, 6.45) is 0.486. The van der Waals surface area contributed by atoms with Gasteiger partial charge < -0.3 is 15.5 Å². The number of aryl methyl sites for hydroxylation is 1. The van der Waals surface area contributed by atoms with E-state index in [1.807, 2.05) is 30.5 Å². The average molecular weight is 382 g/mol. The maximum Gasteiger partial charge on any atom is 0.266 e. The standard InChI is InChI=1S/C21H19FN2O2S/c1-11-9-16(26-2)17(13-4-3-12(5-7-23)15(22)10-13)18-14-6-8-27-20(14)21(25)24-19(11)18/h3-4,6,8-10H,5,7,23H2,1-2H3,(H,24,25). The molecular weight excluding hydrogens is 363 g/mol. The van der Waals surface area contributed by atoms with Crippen LogP contribution in [0.5, 0.6) is 5.75 Å². The van der Waals surface area contributed by atoms with Crippen LogP contribution in [0.2, 0.25) is 0 Å². The Bertz CT molecular complexity index is 1230. The number of nitrogens with one attached hydrogen (secondary N) is 1. The molecule has 0 aliphatic carbocycles. The lowest BCUT2D eigenvalue weighted by Gasteiger charge is -2.16. The Labute approximate surface area is 159 Å². The third-order valence-corrected chi connectivity index (χ3v) is 5.76. The van der Waals surface area contributed by atoms with Crippen molar-refractivity contribution in [3.8, 4) is 16.9 Å². The van der Waals surface area contributed by atoms with Crippen molar-refractivity contribution in [3.63, 3.8) is 0 Å². The smallest absolute Gasteiger partial charge is 0.266 e. The third kappa shape index (κ3) is 2.81. The highest BCUT2D eigenvalue weighted by Crippen LogP contribution is 2.42. The number of ether oxygens (including phenoxy) is 1. The van der Waals surface area contributed by atoms with Gasteiger partial charge in [-0.3, -0.25) is 4.79 Å². The predicted molar refractivity (Wildman–Crippen MR) is 109 cm³/mol. The Balaban J connectivity index is 2.13. The summed E-state index contributed by atoms with van der Waals surface area (Å²) in [4.78, 5) is 15.4. The first-order chi connectivity index (χ1) is 13.0. The number of pyridine rings is 1. The molecule has 0 saturated heterocycles. The lowest BCUT2D eigenvalue weighted by Crippen LogP contribution is -2.07. The molecule has 0 fully saturated rings. The van der Waals surface area contributed by atoms with E-state index in [2.05, 4.69) is 4.98 Å². The number of hydrogen-bond donors (Lipinski definition) is 2. The van der Waals surface area contributed by atoms with E-state index in [0.717, 1.165) is 27.4 Å². The molecule has 0 unspecified atom stereocenters. The van der Waals surface area contributed by atoms with E-state index in [1.54, 1.807) is 13.2 Å². The molecule has 4 nitrogen and oxygen atoms in total. The molecule has 4 rings (SSSR count). The monoisotopic (exact) mass is 382 g/mol. The van der Waals surface area contributed by atoms with E-state index in [4.69, 9.17) is 10.5 Å². The van der Waals surface area contributed by atoms with Crippen molar-refractivity contribution >= 4 is 32.3 Å². The van der Waals surface area contributed by atoms with Gasteiger partial charge in [0.05, 0.1) is 12.6 Å². The molecule has 3 N–H and O–H groups in total. The number of rotatable bonds is 4. The van der Waals surface area contributed by atoms with E-state index >= 15 is 0 Å². The van der Waals surface area contributed by atoms with Gasteiger partial charge in [-0.15, -0.1) is 11.3 Å². The van der Waals surface area contributed by atoms with E-state index in [9.17, 15) is 9.18 Å². The number of hydrogen-bond acceptors (Lipinski definition) is 4. The largest absolute Gasteiger partial charge is 0.496 e. The highest BCUT2D eigenvalue weighted by molar-refractivity contribution is 7.17. The summed E-state index contributed by atoms with van der Waals surface area (Å²) in [5.41, 5.74) is 9.15. The first-order valence-corrected chi connectivity index (χ1v) is 9.52. The summed E-state index contributed by atoms with van der Waals surface area (Å²) in [7, 11) is 1.60. The molecule has 0 aliphatic rings. The van der Waals surface area contributed by atoms with Crippen molar-refractivity contribution in [1.29, 1.82) is 0 Å². The second-order valence-corrected chi connectivity index (χ2v) is 7.40. The number of halogens is 1. The zero-order valence-corrected chi connectivity index (χ0v) is 15.9. The fourth-order valence-corrected chi connectivity index (χ4v) is 4.37. The summed E-state index contributed by atoms with van der Waals surface area (Å²) >= 11 is 1.39. The Kier molecular flexibility index (Phi) is 4.45. The second kappa shape index (κ2) is 6.79. The number of fused-ring (bicyclic) bond motifs is 3. The van der Waals surface area contributed by atoms with Crippen LogP contribution in [0.3, 0.4) is 0 Å². The van der Waals surface area contributed by atoms with E-state index < -0.39 is 0 Å². The van der Waals surface area contributed by atoms with Crippen LogP contribution in [0.15, 0.2) is 40.5 Å². The number of nitrogens with two attached hydrogens (primary N) is 1. The number of thiophene rings is 1. The van der Waals surface area contributed by atoms with Crippen LogP contribution in [-0.2, 0) is 6.42 Å². The first-order valence-electron chi connectivity index (χ1n) is 8.64. The van der Waals surface area contributed by atoms with Crippen molar-refractivity contribution in [2.75, 3.05) is 13.7 Å². The van der Waals surface area contributed by atoms with Crippen LogP contribution in [0.1, 0.15) is 11.1 Å². The molecule has 0 spiro atoms. The van der Waals surface area contributed by atoms with Gasteiger partial charge in [-0.2, -0.15) is 0 Å². The minimum Gasteiger partial charge on any atom is -0.496 e. The molecule has 0 saturated carbocycles. The van der Waals surface area contributed by atoms with E-state index in [1.165, 1.54) is 17.4 Å². The molecule has 0 aliphatic heterocycles. The predicted octanol–water partition coefficient (Wildman–Crippen LogP) is 4.37. The minimum atomic E-state index is -0.292. The van der Waals surface area contributed by atoms with Crippen molar-refractivity contribution in [1.82, 2.24) is 4.98 Å². The molecule has 4 aromatic rings. The van der Waals surface area contributed by atoms with Gasteiger partial charge in [-0.25, -0.2) is 4.39 Å². The van der Waals surface area contributed by atoms with Gasteiger partial charge in [-0.1, -0.05) is 12.1 Å². The fourth-order valence-electron chi connectivity index (χ4n) is 3.58. The van der Waals surface area contributed by atoms with Crippen molar-refractivity contribution < 1.29 is 9.13 Å². The molecule has 6 heteroatoms. The molecule has 27 heavy (non-hydrogen) atoms. The van der Waals surface area contributed by atoms with Gasteiger partial charge in [0.15, 0.2) is 0 Å². The van der Waals surface area contributed by atoms with E-state index in [0.29, 0.717) is 34.5 Å². The van der Waals surface area contributed by atoms with Gasteiger partial charge in [0, 0.05) is 16.3 Å². The third-order valence-electron chi connectivity index (χ3n) is 4.84. The molecule has 0 bridgehead atoms. The molecule has 138 valence electrons. The molecule has 2 heterocycles. The molecule has 0 radical (unpaired) electrons. The zero-order chi connectivity index (χ0) is 19.1. The lowest BCUT2D eigenvalue weighted by atomic mass is 9.94. The van der Waals surface area contributed by atoms with Gasteiger partial charge in [0.2, 0.25) is 0 Å². The van der Waals surface area contributed by atoms with Gasteiger partial charge in [0.25, 0.3) is 5.56 Å². The number of benzene rings is 2. The molecule has 2 aromatic carbocycles. The maximum absolute atomic E-state index is 14.6. The van der Waals surface area contributed by atoms with Crippen LogP contribution in [0.25, 0.3) is 32.1 Å². The topological polar surface area (TPSA) is 68.1 Å². The summed E-state index contributed by atoms with van der Waals surface area (Å²) in [5, 5.41) is 3.61. The van der Waals surface area contributed by atoms with Crippen LogP contribution < -0.4 is 16.0 Å². The number of aromatic amines is 1. The Morgan fingerprint density at radius 2 is 2.07 bits per heavy atom. The highest BCUT2D eigenvalue weighted by atomic mass is 32.1. The molecular formula is C21H19FN2O2S. The molecule has 0 atom stereocenters. The van der Waals surface area contributed by atoms with Gasteiger partial charge in [-0.05, 0) is 60.2 Å². The Hall–Kier alpha value is -2.70. The Morgan fingerprint density at radius 3 is 2.78 bits per heavy atom. The molecule has 2 aromatic heterocycles. The van der Waals surface area contributed by atoms with Crippen molar-refractivity contribution in [3.05, 3.63) is 63.0 Å².